The number of aromatic nitrogens is 1. The van der Waals surface area contributed by atoms with E-state index in [2.05, 4.69) is 26.2 Å². The number of rotatable bonds is 4. The van der Waals surface area contributed by atoms with Crippen molar-refractivity contribution in [1.29, 1.82) is 0 Å². The molecule has 88 valence electrons. The average Bonchev–Trinajstić information content (AvgIpc) is 2.25. The second kappa shape index (κ2) is 5.93. The average molecular weight is 288 g/mol. The van der Waals surface area contributed by atoms with Crippen LogP contribution in [-0.2, 0) is 9.53 Å². The van der Waals surface area contributed by atoms with Gasteiger partial charge >= 0.3 is 0 Å². The fraction of sp³-hybridized carbons (Fsp3) is 0.400. The van der Waals surface area contributed by atoms with Crippen LogP contribution in [0.15, 0.2) is 16.6 Å². The quantitative estimate of drug-likeness (QED) is 0.868. The highest BCUT2D eigenvalue weighted by Crippen LogP contribution is 2.16. The van der Waals surface area contributed by atoms with E-state index in [1.165, 1.54) is 7.11 Å². The number of aryl methyl sites for hydroxylation is 1. The van der Waals surface area contributed by atoms with E-state index in [4.69, 9.17) is 10.5 Å². The highest BCUT2D eigenvalue weighted by Gasteiger charge is 2.16. The van der Waals surface area contributed by atoms with E-state index in [1.807, 2.05) is 13.0 Å². The lowest BCUT2D eigenvalue weighted by Crippen LogP contribution is -2.36. The van der Waals surface area contributed by atoms with E-state index in [0.29, 0.717) is 5.82 Å². The van der Waals surface area contributed by atoms with Crippen LogP contribution in [0.1, 0.15) is 5.69 Å². The van der Waals surface area contributed by atoms with Gasteiger partial charge in [-0.2, -0.15) is 0 Å². The van der Waals surface area contributed by atoms with Gasteiger partial charge in [-0.3, -0.25) is 4.79 Å². The maximum atomic E-state index is 11.6. The highest BCUT2D eigenvalue weighted by molar-refractivity contribution is 9.10. The van der Waals surface area contributed by atoms with Crippen molar-refractivity contribution in [2.75, 3.05) is 19.0 Å². The van der Waals surface area contributed by atoms with Gasteiger partial charge in [0, 0.05) is 18.1 Å². The lowest BCUT2D eigenvalue weighted by Gasteiger charge is -2.12. The molecule has 0 spiro atoms. The largest absolute Gasteiger partial charge is 0.370 e. The third-order valence-electron chi connectivity index (χ3n) is 2.06. The first kappa shape index (κ1) is 13.1. The summed E-state index contributed by atoms with van der Waals surface area (Å²) in [7, 11) is 1.44. The molecule has 1 aromatic rings. The van der Waals surface area contributed by atoms with E-state index in [1.54, 1.807) is 6.07 Å². The van der Waals surface area contributed by atoms with Gasteiger partial charge < -0.3 is 15.8 Å². The third kappa shape index (κ3) is 3.26. The number of pyridine rings is 1. The van der Waals surface area contributed by atoms with Gasteiger partial charge in [0.05, 0.1) is 5.69 Å². The lowest BCUT2D eigenvalue weighted by atomic mass is 10.3. The number of methoxy groups -OCH3 is 1. The second-order valence-corrected chi connectivity index (χ2v) is 4.07. The van der Waals surface area contributed by atoms with Crippen molar-refractivity contribution in [3.05, 3.63) is 22.3 Å². The number of carbonyl (C=O) groups is 1. The Morgan fingerprint density at radius 1 is 1.69 bits per heavy atom. The Kier molecular flexibility index (Phi) is 4.85. The van der Waals surface area contributed by atoms with Crippen LogP contribution in [0.2, 0.25) is 0 Å². The molecule has 0 saturated carbocycles. The number of hydrogen-bond acceptors (Lipinski definition) is 4. The standard InChI is InChI=1S/C10H14BrN3O2/c1-6-7(11)3-4-9(13-6)14-10(15)8(5-12)16-2/h3-4,8H,5,12H2,1-2H3,(H,13,14,15). The molecular weight excluding hydrogens is 274 g/mol. The Morgan fingerprint density at radius 2 is 2.38 bits per heavy atom. The maximum Gasteiger partial charge on any atom is 0.255 e. The molecule has 0 radical (unpaired) electrons. The summed E-state index contributed by atoms with van der Waals surface area (Å²) in [5, 5.41) is 2.64. The van der Waals surface area contributed by atoms with E-state index in [0.717, 1.165) is 10.2 Å². The highest BCUT2D eigenvalue weighted by atomic mass is 79.9. The van der Waals surface area contributed by atoms with E-state index >= 15 is 0 Å². The van der Waals surface area contributed by atoms with Crippen LogP contribution < -0.4 is 11.1 Å². The summed E-state index contributed by atoms with van der Waals surface area (Å²) in [4.78, 5) is 15.8. The second-order valence-electron chi connectivity index (χ2n) is 3.21. The zero-order valence-corrected chi connectivity index (χ0v) is 10.7. The minimum Gasteiger partial charge on any atom is -0.370 e. The first-order valence-corrected chi connectivity index (χ1v) is 5.54. The molecule has 6 heteroatoms. The van der Waals surface area contributed by atoms with Crippen molar-refractivity contribution < 1.29 is 9.53 Å². The summed E-state index contributed by atoms with van der Waals surface area (Å²) in [6.45, 7) is 1.98. The van der Waals surface area contributed by atoms with Gasteiger partial charge in [0.1, 0.15) is 11.9 Å². The summed E-state index contributed by atoms with van der Waals surface area (Å²) in [6.07, 6.45) is -0.647. The predicted molar refractivity (Wildman–Crippen MR) is 65.2 cm³/mol. The van der Waals surface area contributed by atoms with Gasteiger partial charge in [-0.1, -0.05) is 0 Å². The van der Waals surface area contributed by atoms with E-state index in [-0.39, 0.29) is 12.5 Å². The Balaban J connectivity index is 2.73. The van der Waals surface area contributed by atoms with Gasteiger partial charge in [0.15, 0.2) is 0 Å². The predicted octanol–water partition coefficient (Wildman–Crippen LogP) is 1.06. The first-order chi connectivity index (χ1) is 7.58. The lowest BCUT2D eigenvalue weighted by molar-refractivity contribution is -0.125. The van der Waals surface area contributed by atoms with Crippen LogP contribution in [0, 0.1) is 6.92 Å². The Morgan fingerprint density at radius 3 is 2.88 bits per heavy atom. The summed E-state index contributed by atoms with van der Waals surface area (Å²) >= 11 is 3.33. The van der Waals surface area contributed by atoms with Crippen molar-refractivity contribution in [1.82, 2.24) is 4.98 Å². The summed E-state index contributed by atoms with van der Waals surface area (Å²) in [6, 6.07) is 3.53. The minimum atomic E-state index is -0.647. The van der Waals surface area contributed by atoms with Gasteiger partial charge in [-0.05, 0) is 35.0 Å². The van der Waals surface area contributed by atoms with E-state index in [9.17, 15) is 4.79 Å². The monoisotopic (exact) mass is 287 g/mol. The van der Waals surface area contributed by atoms with Crippen molar-refractivity contribution in [2.45, 2.75) is 13.0 Å². The Bertz CT molecular complexity index is 380. The number of nitrogens with zero attached hydrogens (tertiary/aromatic N) is 1. The van der Waals surface area contributed by atoms with Gasteiger partial charge in [-0.15, -0.1) is 0 Å². The molecule has 3 N–H and O–H groups in total. The fourth-order valence-corrected chi connectivity index (χ4v) is 1.35. The van der Waals surface area contributed by atoms with Gasteiger partial charge in [0.2, 0.25) is 0 Å². The Labute approximate surface area is 103 Å². The SMILES string of the molecule is COC(CN)C(=O)Nc1ccc(Br)c(C)n1. The third-order valence-corrected chi connectivity index (χ3v) is 2.90. The molecule has 0 aliphatic rings. The molecule has 1 amide bonds. The number of ether oxygens (including phenoxy) is 1. The van der Waals surface area contributed by atoms with Crippen molar-refractivity contribution >= 4 is 27.7 Å². The molecule has 0 saturated heterocycles. The smallest absolute Gasteiger partial charge is 0.255 e. The van der Waals surface area contributed by atoms with E-state index < -0.39 is 6.10 Å². The first-order valence-electron chi connectivity index (χ1n) is 4.75. The number of amides is 1. The van der Waals surface area contributed by atoms with Crippen molar-refractivity contribution in [3.8, 4) is 0 Å². The number of nitrogens with two attached hydrogens (primary N) is 1. The molecule has 0 aliphatic heterocycles. The van der Waals surface area contributed by atoms with Crippen LogP contribution in [0.4, 0.5) is 5.82 Å². The zero-order valence-electron chi connectivity index (χ0n) is 9.16. The molecule has 16 heavy (non-hydrogen) atoms. The number of anilines is 1. The molecule has 5 nitrogen and oxygen atoms in total. The Hall–Kier alpha value is -0.980. The van der Waals surface area contributed by atoms with Gasteiger partial charge in [-0.25, -0.2) is 4.98 Å². The number of carbonyl (C=O) groups excluding carboxylic acids is 1. The normalized spacial score (nSPS) is 12.2. The van der Waals surface area contributed by atoms with Crippen LogP contribution in [0.25, 0.3) is 0 Å². The zero-order chi connectivity index (χ0) is 12.1. The van der Waals surface area contributed by atoms with Crippen LogP contribution in [0.5, 0.6) is 0 Å². The van der Waals surface area contributed by atoms with Crippen molar-refractivity contribution in [3.63, 3.8) is 0 Å². The molecule has 1 atom stereocenters. The molecule has 1 heterocycles. The maximum absolute atomic E-state index is 11.6. The summed E-state index contributed by atoms with van der Waals surface area (Å²) in [5.74, 6) is 0.195. The summed E-state index contributed by atoms with van der Waals surface area (Å²) in [5.41, 5.74) is 6.18. The molecular formula is C10H14BrN3O2. The number of nitrogens with one attached hydrogen (secondary N) is 1. The minimum absolute atomic E-state index is 0.137. The molecule has 0 aromatic carbocycles. The molecule has 0 fully saturated rings. The van der Waals surface area contributed by atoms with Gasteiger partial charge in [0.25, 0.3) is 5.91 Å². The van der Waals surface area contributed by atoms with Crippen LogP contribution in [0.3, 0.4) is 0 Å². The number of hydrogen-bond donors (Lipinski definition) is 2. The van der Waals surface area contributed by atoms with Crippen LogP contribution in [-0.4, -0.2) is 30.6 Å². The molecule has 0 aliphatic carbocycles. The number of halogens is 1. The molecule has 1 aromatic heterocycles. The topological polar surface area (TPSA) is 77.2 Å². The molecule has 1 unspecified atom stereocenters. The van der Waals surface area contributed by atoms with Crippen molar-refractivity contribution in [2.24, 2.45) is 5.73 Å². The molecule has 0 bridgehead atoms. The summed E-state index contributed by atoms with van der Waals surface area (Å²) < 4.78 is 5.81. The molecule has 1 rings (SSSR count). The van der Waals surface area contributed by atoms with Crippen LogP contribution >= 0.6 is 15.9 Å². The fourth-order valence-electron chi connectivity index (χ4n) is 1.13.